The van der Waals surface area contributed by atoms with Gasteiger partial charge in [0.25, 0.3) is 0 Å². The Morgan fingerprint density at radius 3 is 2.54 bits per heavy atom. The second-order valence-corrected chi connectivity index (χ2v) is 8.73. The summed E-state index contributed by atoms with van der Waals surface area (Å²) in [5.74, 6) is -0.0468. The van der Waals surface area contributed by atoms with E-state index in [4.69, 9.17) is 10.5 Å². The van der Waals surface area contributed by atoms with Crippen LogP contribution in [0.4, 0.5) is 5.69 Å². The summed E-state index contributed by atoms with van der Waals surface area (Å²) in [4.78, 5) is 12.5. The number of sulfonamides is 1. The number of nitrogens with one attached hydrogen (secondary N) is 1. The highest BCUT2D eigenvalue weighted by Crippen LogP contribution is 2.32. The first-order valence-corrected chi connectivity index (χ1v) is 10.5. The minimum absolute atomic E-state index is 0.0771. The van der Waals surface area contributed by atoms with Gasteiger partial charge in [-0.2, -0.15) is 4.31 Å². The summed E-state index contributed by atoms with van der Waals surface area (Å²) in [6.07, 6.45) is 3.01. The number of nitrogens with zero attached hydrogens (tertiary/aromatic N) is 1. The van der Waals surface area contributed by atoms with Crippen LogP contribution in [0.3, 0.4) is 0 Å². The van der Waals surface area contributed by atoms with E-state index in [0.717, 1.165) is 19.3 Å². The molecule has 1 fully saturated rings. The van der Waals surface area contributed by atoms with E-state index in [1.54, 1.807) is 26.0 Å². The summed E-state index contributed by atoms with van der Waals surface area (Å²) < 4.78 is 32.9. The van der Waals surface area contributed by atoms with Crippen molar-refractivity contribution in [1.82, 2.24) is 4.31 Å². The van der Waals surface area contributed by atoms with E-state index in [2.05, 4.69) is 5.32 Å². The molecule has 0 bridgehead atoms. The predicted octanol–water partition coefficient (Wildman–Crippen LogP) is 2.33. The zero-order valence-electron chi connectivity index (χ0n) is 15.7. The summed E-state index contributed by atoms with van der Waals surface area (Å²) in [7, 11) is -3.67. The molecular weight excluding hydrogens is 354 g/mol. The Morgan fingerprint density at radius 1 is 1.31 bits per heavy atom. The molecule has 0 saturated carbocycles. The Morgan fingerprint density at radius 2 is 1.96 bits per heavy atom. The molecule has 0 spiro atoms. The smallest absolute Gasteiger partial charge is 0.246 e. The van der Waals surface area contributed by atoms with E-state index >= 15 is 0 Å². The summed E-state index contributed by atoms with van der Waals surface area (Å²) in [6, 6.07) is 4.67. The van der Waals surface area contributed by atoms with Crippen molar-refractivity contribution >= 4 is 21.6 Å². The molecule has 1 aliphatic heterocycles. The van der Waals surface area contributed by atoms with Crippen LogP contribution >= 0.6 is 0 Å². The van der Waals surface area contributed by atoms with Gasteiger partial charge in [0.05, 0.1) is 12.1 Å². The topological polar surface area (TPSA) is 102 Å². The second kappa shape index (κ2) is 8.37. The normalized spacial score (nSPS) is 17.7. The first kappa shape index (κ1) is 20.7. The Labute approximate surface area is 155 Å². The van der Waals surface area contributed by atoms with Crippen LogP contribution in [0.2, 0.25) is 0 Å². The molecular formula is C18H29N3O4S. The second-order valence-electron chi connectivity index (χ2n) is 6.83. The van der Waals surface area contributed by atoms with Crippen molar-refractivity contribution < 1.29 is 17.9 Å². The molecule has 0 radical (unpaired) electrons. The van der Waals surface area contributed by atoms with E-state index in [0.29, 0.717) is 37.6 Å². The first-order valence-electron chi connectivity index (χ1n) is 9.09. The molecule has 1 aliphatic rings. The van der Waals surface area contributed by atoms with Gasteiger partial charge >= 0.3 is 0 Å². The molecule has 1 atom stereocenters. The number of amides is 1. The van der Waals surface area contributed by atoms with E-state index < -0.39 is 15.6 Å². The SMILES string of the molecule is CCCC(C)(N)C(=O)Nc1ccc(OCC)c(S(=O)(=O)N2CCCC2)c1. The maximum absolute atomic E-state index is 13.0. The van der Waals surface area contributed by atoms with Crippen LogP contribution in [0, 0.1) is 0 Å². The standard InChI is InChI=1S/C18H29N3O4S/c1-4-10-18(3,19)17(22)20-14-8-9-15(25-5-2)16(13-14)26(23,24)21-11-6-7-12-21/h8-9,13H,4-7,10-12,19H2,1-3H3,(H,20,22). The lowest BCUT2D eigenvalue weighted by Crippen LogP contribution is -2.48. The molecule has 26 heavy (non-hydrogen) atoms. The van der Waals surface area contributed by atoms with Crippen molar-refractivity contribution in [2.45, 2.75) is 56.9 Å². The summed E-state index contributed by atoms with van der Waals surface area (Å²) in [6.45, 7) is 6.78. The maximum atomic E-state index is 13.0. The fourth-order valence-corrected chi connectivity index (χ4v) is 4.71. The number of nitrogens with two attached hydrogens (primary N) is 1. The van der Waals surface area contributed by atoms with E-state index in [-0.39, 0.29) is 10.8 Å². The van der Waals surface area contributed by atoms with Crippen molar-refractivity contribution in [3.05, 3.63) is 18.2 Å². The van der Waals surface area contributed by atoms with Gasteiger partial charge < -0.3 is 15.8 Å². The zero-order chi connectivity index (χ0) is 19.4. The monoisotopic (exact) mass is 383 g/mol. The van der Waals surface area contributed by atoms with Gasteiger partial charge in [0, 0.05) is 18.8 Å². The van der Waals surface area contributed by atoms with Crippen molar-refractivity contribution in [3.8, 4) is 5.75 Å². The molecule has 1 unspecified atom stereocenters. The quantitative estimate of drug-likeness (QED) is 0.717. The molecule has 1 aromatic carbocycles. The summed E-state index contributed by atoms with van der Waals surface area (Å²) in [5.41, 5.74) is 5.44. The van der Waals surface area contributed by atoms with Crippen molar-refractivity contribution in [1.29, 1.82) is 0 Å². The summed E-state index contributed by atoms with van der Waals surface area (Å²) >= 11 is 0. The number of ether oxygens (including phenoxy) is 1. The minimum Gasteiger partial charge on any atom is -0.492 e. The lowest BCUT2D eigenvalue weighted by Gasteiger charge is -2.23. The van der Waals surface area contributed by atoms with Crippen LogP contribution in [0.1, 0.15) is 46.5 Å². The van der Waals surface area contributed by atoms with Crippen LogP contribution in [-0.4, -0.2) is 43.9 Å². The number of rotatable bonds is 8. The molecule has 1 saturated heterocycles. The number of carbonyl (C=O) groups is 1. The Balaban J connectivity index is 2.35. The third kappa shape index (κ3) is 4.55. The fraction of sp³-hybridized carbons (Fsp3) is 0.611. The van der Waals surface area contributed by atoms with Gasteiger partial charge in [0.1, 0.15) is 10.6 Å². The van der Waals surface area contributed by atoms with E-state index in [9.17, 15) is 13.2 Å². The number of benzene rings is 1. The highest BCUT2D eigenvalue weighted by atomic mass is 32.2. The van der Waals surface area contributed by atoms with Crippen molar-refractivity contribution in [3.63, 3.8) is 0 Å². The van der Waals surface area contributed by atoms with Crippen LogP contribution in [-0.2, 0) is 14.8 Å². The average Bonchev–Trinajstić information content (AvgIpc) is 3.11. The fourth-order valence-electron chi connectivity index (χ4n) is 3.04. The van der Waals surface area contributed by atoms with Gasteiger partial charge in [-0.25, -0.2) is 8.42 Å². The Bertz CT molecular complexity index is 741. The van der Waals surface area contributed by atoms with E-state index in [1.165, 1.54) is 10.4 Å². The largest absolute Gasteiger partial charge is 0.492 e. The molecule has 2 rings (SSSR count). The molecule has 0 aromatic heterocycles. The molecule has 146 valence electrons. The van der Waals surface area contributed by atoms with Gasteiger partial charge in [0.2, 0.25) is 15.9 Å². The molecule has 1 aromatic rings. The number of anilines is 1. The Kier molecular flexibility index (Phi) is 6.65. The zero-order valence-corrected chi connectivity index (χ0v) is 16.6. The molecule has 1 heterocycles. The van der Waals surface area contributed by atoms with Crippen LogP contribution in [0.15, 0.2) is 23.1 Å². The van der Waals surface area contributed by atoms with E-state index in [1.807, 2.05) is 6.92 Å². The minimum atomic E-state index is -3.67. The first-order chi connectivity index (χ1) is 12.2. The van der Waals surface area contributed by atoms with Gasteiger partial charge in [-0.1, -0.05) is 13.3 Å². The van der Waals surface area contributed by atoms with Crippen LogP contribution in [0.5, 0.6) is 5.75 Å². The Hall–Kier alpha value is -1.64. The lowest BCUT2D eigenvalue weighted by atomic mass is 9.96. The molecule has 8 heteroatoms. The maximum Gasteiger partial charge on any atom is 0.246 e. The highest BCUT2D eigenvalue weighted by Gasteiger charge is 2.31. The van der Waals surface area contributed by atoms with Crippen LogP contribution < -0.4 is 15.8 Å². The third-order valence-electron chi connectivity index (χ3n) is 4.47. The summed E-state index contributed by atoms with van der Waals surface area (Å²) in [5, 5.41) is 2.74. The average molecular weight is 384 g/mol. The molecule has 7 nitrogen and oxygen atoms in total. The predicted molar refractivity (Wildman–Crippen MR) is 102 cm³/mol. The molecule has 1 amide bonds. The van der Waals surface area contributed by atoms with Crippen molar-refractivity contribution in [2.75, 3.05) is 25.0 Å². The van der Waals surface area contributed by atoms with Gasteiger partial charge in [0.15, 0.2) is 0 Å². The van der Waals surface area contributed by atoms with Crippen LogP contribution in [0.25, 0.3) is 0 Å². The van der Waals surface area contributed by atoms with Gasteiger partial charge in [-0.05, 0) is 51.3 Å². The third-order valence-corrected chi connectivity index (χ3v) is 6.39. The van der Waals surface area contributed by atoms with Gasteiger partial charge in [-0.3, -0.25) is 4.79 Å². The number of carbonyl (C=O) groups excluding carboxylic acids is 1. The van der Waals surface area contributed by atoms with Gasteiger partial charge in [-0.15, -0.1) is 0 Å². The number of hydrogen-bond acceptors (Lipinski definition) is 5. The van der Waals surface area contributed by atoms with Crippen molar-refractivity contribution in [2.24, 2.45) is 5.73 Å². The number of hydrogen-bond donors (Lipinski definition) is 2. The highest BCUT2D eigenvalue weighted by molar-refractivity contribution is 7.89. The lowest BCUT2D eigenvalue weighted by molar-refractivity contribution is -0.120. The molecule has 3 N–H and O–H groups in total. The molecule has 0 aliphatic carbocycles.